The van der Waals surface area contributed by atoms with Crippen molar-refractivity contribution in [1.82, 2.24) is 15.2 Å². The maximum atomic E-state index is 12.9. The van der Waals surface area contributed by atoms with E-state index in [-0.39, 0.29) is 5.78 Å². The maximum absolute atomic E-state index is 12.9. The summed E-state index contributed by atoms with van der Waals surface area (Å²) < 4.78 is 0. The van der Waals surface area contributed by atoms with Gasteiger partial charge in [0.15, 0.2) is 11.6 Å². The molecule has 0 N–H and O–H groups in total. The van der Waals surface area contributed by atoms with Crippen LogP contribution < -0.4 is 0 Å². The molecule has 0 amide bonds. The van der Waals surface area contributed by atoms with Crippen molar-refractivity contribution in [3.05, 3.63) is 87.9 Å². The Morgan fingerprint density at radius 2 is 1.50 bits per heavy atom. The molecular weight excluding hydrogens is 369 g/mol. The third kappa shape index (κ3) is 3.17. The predicted molar refractivity (Wildman–Crippen MR) is 103 cm³/mol. The van der Waals surface area contributed by atoms with Crippen LogP contribution in [-0.4, -0.2) is 21.0 Å². The van der Waals surface area contributed by atoms with E-state index in [1.807, 2.05) is 12.1 Å². The topological polar surface area (TPSA) is 55.7 Å². The van der Waals surface area contributed by atoms with Crippen molar-refractivity contribution in [1.29, 1.82) is 0 Å². The van der Waals surface area contributed by atoms with Gasteiger partial charge >= 0.3 is 0 Å². The minimum Gasteiger partial charge on any atom is -0.289 e. The van der Waals surface area contributed by atoms with Gasteiger partial charge in [0.25, 0.3) is 0 Å². The van der Waals surface area contributed by atoms with Crippen LogP contribution in [0.2, 0.25) is 10.0 Å². The molecule has 3 aromatic carbocycles. The van der Waals surface area contributed by atoms with Crippen molar-refractivity contribution >= 4 is 40.0 Å². The second-order valence-corrected chi connectivity index (χ2v) is 6.52. The third-order valence-electron chi connectivity index (χ3n) is 3.94. The van der Waals surface area contributed by atoms with Crippen molar-refractivity contribution < 1.29 is 4.79 Å². The molecule has 0 aliphatic heterocycles. The van der Waals surface area contributed by atoms with Gasteiger partial charge in [0, 0.05) is 26.7 Å². The second kappa shape index (κ2) is 6.83. The molecule has 6 heteroatoms. The van der Waals surface area contributed by atoms with E-state index in [0.717, 1.165) is 0 Å². The second-order valence-electron chi connectivity index (χ2n) is 5.65. The average Bonchev–Trinajstić information content (AvgIpc) is 2.67. The number of hydrogen-bond acceptors (Lipinski definition) is 4. The van der Waals surface area contributed by atoms with Gasteiger partial charge in [-0.2, -0.15) is 0 Å². The van der Waals surface area contributed by atoms with Crippen LogP contribution in [0.15, 0.2) is 66.7 Å². The zero-order valence-corrected chi connectivity index (χ0v) is 14.9. The SMILES string of the molecule is O=C(c1ccc(Cl)cc1)c1ccccc1-c1nnc2cc(Cl)ccc2n1. The standard InChI is InChI=1S/C20H11Cl2N3O/c21-13-7-5-12(6-8-13)19(26)15-3-1-2-4-16(15)20-23-17-10-9-14(22)11-18(17)24-25-20/h1-11H. The van der Waals surface area contributed by atoms with Crippen molar-refractivity contribution in [2.24, 2.45) is 0 Å². The first-order chi connectivity index (χ1) is 12.6. The number of nitrogens with zero attached hydrogens (tertiary/aromatic N) is 3. The molecule has 26 heavy (non-hydrogen) atoms. The number of halogens is 2. The van der Waals surface area contributed by atoms with Crippen LogP contribution in [0.3, 0.4) is 0 Å². The van der Waals surface area contributed by atoms with Crippen LogP contribution in [0, 0.1) is 0 Å². The van der Waals surface area contributed by atoms with Crippen LogP contribution in [0.1, 0.15) is 15.9 Å². The normalized spacial score (nSPS) is 10.8. The Labute approximate surface area is 159 Å². The number of carbonyl (C=O) groups excluding carboxylic acids is 1. The molecule has 1 aromatic heterocycles. The highest BCUT2D eigenvalue weighted by Gasteiger charge is 2.17. The fourth-order valence-electron chi connectivity index (χ4n) is 2.66. The number of ketones is 1. The lowest BCUT2D eigenvalue weighted by Gasteiger charge is -2.08. The molecule has 4 rings (SSSR count). The molecule has 0 bridgehead atoms. The molecule has 0 spiro atoms. The highest BCUT2D eigenvalue weighted by Crippen LogP contribution is 2.25. The van der Waals surface area contributed by atoms with Crippen LogP contribution in [0.25, 0.3) is 22.4 Å². The minimum absolute atomic E-state index is 0.128. The number of benzene rings is 3. The first-order valence-corrected chi connectivity index (χ1v) is 8.57. The van der Waals surface area contributed by atoms with Crippen LogP contribution in [0.4, 0.5) is 0 Å². The average molecular weight is 380 g/mol. The van der Waals surface area contributed by atoms with Gasteiger partial charge < -0.3 is 0 Å². The number of hydrogen-bond donors (Lipinski definition) is 0. The van der Waals surface area contributed by atoms with E-state index >= 15 is 0 Å². The number of rotatable bonds is 3. The summed E-state index contributed by atoms with van der Waals surface area (Å²) in [4.78, 5) is 17.5. The molecule has 0 aliphatic rings. The molecule has 0 saturated carbocycles. The molecular formula is C20H11Cl2N3O. The molecule has 126 valence electrons. The molecule has 0 fully saturated rings. The highest BCUT2D eigenvalue weighted by molar-refractivity contribution is 6.31. The smallest absolute Gasteiger partial charge is 0.193 e. The molecule has 4 nitrogen and oxygen atoms in total. The van der Waals surface area contributed by atoms with Gasteiger partial charge in [-0.1, -0.05) is 47.5 Å². The van der Waals surface area contributed by atoms with E-state index in [1.165, 1.54) is 0 Å². The Kier molecular flexibility index (Phi) is 4.37. The summed E-state index contributed by atoms with van der Waals surface area (Å²) >= 11 is 11.9. The quantitative estimate of drug-likeness (QED) is 0.457. The van der Waals surface area contributed by atoms with Gasteiger partial charge in [-0.3, -0.25) is 4.79 Å². The number of aromatic nitrogens is 3. The molecule has 0 atom stereocenters. The van der Waals surface area contributed by atoms with Gasteiger partial charge in [-0.25, -0.2) is 4.98 Å². The summed E-state index contributed by atoms with van der Waals surface area (Å²) in [6.07, 6.45) is 0. The lowest BCUT2D eigenvalue weighted by Crippen LogP contribution is -2.05. The molecule has 0 unspecified atom stereocenters. The van der Waals surface area contributed by atoms with Gasteiger partial charge in [0.2, 0.25) is 0 Å². The van der Waals surface area contributed by atoms with E-state index < -0.39 is 0 Å². The lowest BCUT2D eigenvalue weighted by atomic mass is 9.98. The monoisotopic (exact) mass is 379 g/mol. The molecule has 4 aromatic rings. The van der Waals surface area contributed by atoms with E-state index in [0.29, 0.717) is 43.6 Å². The largest absolute Gasteiger partial charge is 0.289 e. The van der Waals surface area contributed by atoms with Crippen molar-refractivity contribution in [2.45, 2.75) is 0 Å². The Hall–Kier alpha value is -2.82. The zero-order valence-electron chi connectivity index (χ0n) is 13.4. The van der Waals surface area contributed by atoms with E-state index in [9.17, 15) is 4.79 Å². The number of fused-ring (bicyclic) bond motifs is 1. The Balaban J connectivity index is 1.82. The molecule has 0 radical (unpaired) electrons. The third-order valence-corrected chi connectivity index (χ3v) is 4.42. The minimum atomic E-state index is -0.128. The maximum Gasteiger partial charge on any atom is 0.193 e. The van der Waals surface area contributed by atoms with Gasteiger partial charge in [-0.15, -0.1) is 10.2 Å². The summed E-state index contributed by atoms with van der Waals surface area (Å²) in [6.45, 7) is 0. The summed E-state index contributed by atoms with van der Waals surface area (Å²) in [5, 5.41) is 9.50. The lowest BCUT2D eigenvalue weighted by molar-refractivity contribution is 0.103. The highest BCUT2D eigenvalue weighted by atomic mass is 35.5. The Morgan fingerprint density at radius 1 is 0.769 bits per heavy atom. The van der Waals surface area contributed by atoms with Crippen LogP contribution in [0.5, 0.6) is 0 Å². The Bertz CT molecular complexity index is 1130. The van der Waals surface area contributed by atoms with Gasteiger partial charge in [0.05, 0.1) is 5.52 Å². The Morgan fingerprint density at radius 3 is 2.31 bits per heavy atom. The fourth-order valence-corrected chi connectivity index (χ4v) is 2.95. The fraction of sp³-hybridized carbons (Fsp3) is 0. The van der Waals surface area contributed by atoms with Crippen LogP contribution >= 0.6 is 23.2 Å². The van der Waals surface area contributed by atoms with Gasteiger partial charge in [-0.05, 0) is 42.5 Å². The van der Waals surface area contributed by atoms with E-state index in [2.05, 4.69) is 15.2 Å². The first kappa shape index (κ1) is 16.6. The summed E-state index contributed by atoms with van der Waals surface area (Å²) in [6, 6.07) is 19.2. The molecule has 1 heterocycles. The predicted octanol–water partition coefficient (Wildman–Crippen LogP) is 5.23. The van der Waals surface area contributed by atoms with Crippen LogP contribution in [-0.2, 0) is 0 Å². The van der Waals surface area contributed by atoms with Gasteiger partial charge in [0.1, 0.15) is 5.52 Å². The van der Waals surface area contributed by atoms with E-state index in [1.54, 1.807) is 54.6 Å². The molecule has 0 aliphatic carbocycles. The molecule has 0 saturated heterocycles. The summed E-state index contributed by atoms with van der Waals surface area (Å²) in [5.74, 6) is 0.259. The zero-order chi connectivity index (χ0) is 18.1. The summed E-state index contributed by atoms with van der Waals surface area (Å²) in [5.41, 5.74) is 2.93. The van der Waals surface area contributed by atoms with Crippen molar-refractivity contribution in [3.63, 3.8) is 0 Å². The summed E-state index contributed by atoms with van der Waals surface area (Å²) in [7, 11) is 0. The van der Waals surface area contributed by atoms with Crippen molar-refractivity contribution in [2.75, 3.05) is 0 Å². The van der Waals surface area contributed by atoms with Crippen molar-refractivity contribution in [3.8, 4) is 11.4 Å². The van der Waals surface area contributed by atoms with E-state index in [4.69, 9.17) is 23.2 Å². The number of carbonyl (C=O) groups is 1. The first-order valence-electron chi connectivity index (χ1n) is 7.81.